The molecule has 0 radical (unpaired) electrons. The molecule has 0 amide bonds. The summed E-state index contributed by atoms with van der Waals surface area (Å²) >= 11 is 5.96. The van der Waals surface area contributed by atoms with Crippen LogP contribution < -0.4 is 15.0 Å². The Bertz CT molecular complexity index is 920. The first-order valence-electron chi connectivity index (χ1n) is 6.30. The number of fused-ring (bicyclic) bond motifs is 3. The van der Waals surface area contributed by atoms with Crippen molar-refractivity contribution < 1.29 is 9.47 Å². The van der Waals surface area contributed by atoms with Gasteiger partial charge in [0.05, 0.1) is 22.7 Å². The summed E-state index contributed by atoms with van der Waals surface area (Å²) in [6.45, 7) is 0.159. The zero-order valence-electron chi connectivity index (χ0n) is 10.7. The molecule has 2 heterocycles. The minimum absolute atomic E-state index is 0.159. The second kappa shape index (κ2) is 4.49. The van der Waals surface area contributed by atoms with Crippen LogP contribution in [0.25, 0.3) is 16.5 Å². The summed E-state index contributed by atoms with van der Waals surface area (Å²) in [5.41, 5.74) is 0.389. The molecule has 1 aromatic heterocycles. The number of benzene rings is 2. The number of nitrogens with zero attached hydrogens (tertiary/aromatic N) is 2. The lowest BCUT2D eigenvalue weighted by Gasteiger charge is -2.07. The van der Waals surface area contributed by atoms with Crippen molar-refractivity contribution >= 4 is 22.4 Å². The van der Waals surface area contributed by atoms with E-state index < -0.39 is 0 Å². The second-order valence-electron chi connectivity index (χ2n) is 4.60. The summed E-state index contributed by atoms with van der Waals surface area (Å²) in [6.07, 6.45) is 1.60. The molecule has 0 fully saturated rings. The molecule has 0 spiro atoms. The van der Waals surface area contributed by atoms with Crippen molar-refractivity contribution in [1.82, 2.24) is 9.78 Å². The molecule has 21 heavy (non-hydrogen) atoms. The lowest BCUT2D eigenvalue weighted by molar-refractivity contribution is 0.175. The summed E-state index contributed by atoms with van der Waals surface area (Å²) in [5.74, 6) is 1.19. The smallest absolute Gasteiger partial charge is 0.279 e. The van der Waals surface area contributed by atoms with Gasteiger partial charge in [-0.05, 0) is 30.3 Å². The standard InChI is InChI=1S/C15H9ClN2O3/c16-9-2-1-3-10(6-9)18-15(19)11-4-5-13-14(21-8-20-13)12(11)7-17-18/h1-7H,8H2. The van der Waals surface area contributed by atoms with E-state index in [1.54, 1.807) is 42.6 Å². The van der Waals surface area contributed by atoms with Crippen LogP contribution in [0.4, 0.5) is 0 Å². The molecule has 4 rings (SSSR count). The van der Waals surface area contributed by atoms with Gasteiger partial charge in [0.15, 0.2) is 11.5 Å². The van der Waals surface area contributed by atoms with Crippen LogP contribution in [0.2, 0.25) is 5.02 Å². The van der Waals surface area contributed by atoms with E-state index in [-0.39, 0.29) is 12.4 Å². The molecule has 5 nitrogen and oxygen atoms in total. The molecule has 3 aromatic rings. The number of rotatable bonds is 1. The van der Waals surface area contributed by atoms with Crippen molar-refractivity contribution in [2.45, 2.75) is 0 Å². The zero-order valence-corrected chi connectivity index (χ0v) is 11.5. The third-order valence-electron chi connectivity index (χ3n) is 3.36. The third-order valence-corrected chi connectivity index (χ3v) is 3.59. The lowest BCUT2D eigenvalue weighted by atomic mass is 10.1. The summed E-state index contributed by atoms with van der Waals surface area (Å²) in [7, 11) is 0. The number of halogens is 1. The van der Waals surface area contributed by atoms with Gasteiger partial charge >= 0.3 is 0 Å². The van der Waals surface area contributed by atoms with Crippen LogP contribution in [-0.4, -0.2) is 16.6 Å². The third kappa shape index (κ3) is 1.86. The highest BCUT2D eigenvalue weighted by atomic mass is 35.5. The van der Waals surface area contributed by atoms with Gasteiger partial charge in [-0.25, -0.2) is 0 Å². The quantitative estimate of drug-likeness (QED) is 0.693. The van der Waals surface area contributed by atoms with Crippen molar-refractivity contribution in [1.29, 1.82) is 0 Å². The van der Waals surface area contributed by atoms with Crippen LogP contribution >= 0.6 is 11.6 Å². The summed E-state index contributed by atoms with van der Waals surface area (Å²) in [6, 6.07) is 10.4. The van der Waals surface area contributed by atoms with Crippen molar-refractivity contribution in [2.75, 3.05) is 6.79 Å². The minimum Gasteiger partial charge on any atom is -0.454 e. The summed E-state index contributed by atoms with van der Waals surface area (Å²) in [5, 5.41) is 5.92. The zero-order chi connectivity index (χ0) is 14.4. The summed E-state index contributed by atoms with van der Waals surface area (Å²) in [4.78, 5) is 12.6. The molecule has 1 aliphatic heterocycles. The molecule has 1 aliphatic rings. The highest BCUT2D eigenvalue weighted by Gasteiger charge is 2.19. The Morgan fingerprint density at radius 1 is 1.14 bits per heavy atom. The van der Waals surface area contributed by atoms with E-state index in [0.717, 1.165) is 0 Å². The van der Waals surface area contributed by atoms with E-state index in [4.69, 9.17) is 21.1 Å². The molecule has 0 unspecified atom stereocenters. The largest absolute Gasteiger partial charge is 0.454 e. The van der Waals surface area contributed by atoms with E-state index in [1.165, 1.54) is 4.68 Å². The fraction of sp³-hybridized carbons (Fsp3) is 0.0667. The van der Waals surface area contributed by atoms with Gasteiger partial charge in [0, 0.05) is 5.02 Å². The van der Waals surface area contributed by atoms with Crippen LogP contribution in [0, 0.1) is 0 Å². The molecule has 2 aromatic carbocycles. The van der Waals surface area contributed by atoms with E-state index in [9.17, 15) is 4.79 Å². The lowest BCUT2D eigenvalue weighted by Crippen LogP contribution is -2.20. The number of hydrogen-bond acceptors (Lipinski definition) is 4. The Morgan fingerprint density at radius 2 is 2.05 bits per heavy atom. The van der Waals surface area contributed by atoms with Crippen molar-refractivity contribution in [3.63, 3.8) is 0 Å². The molecule has 0 bridgehead atoms. The maximum atomic E-state index is 12.6. The molecule has 104 valence electrons. The average molecular weight is 301 g/mol. The van der Waals surface area contributed by atoms with Crippen LogP contribution in [0.3, 0.4) is 0 Å². The molecular formula is C15H9ClN2O3. The monoisotopic (exact) mass is 300 g/mol. The molecular weight excluding hydrogens is 292 g/mol. The van der Waals surface area contributed by atoms with Crippen LogP contribution in [0.1, 0.15) is 0 Å². The molecule has 0 saturated carbocycles. The van der Waals surface area contributed by atoms with E-state index >= 15 is 0 Å². The average Bonchev–Trinajstić information content (AvgIpc) is 2.96. The SMILES string of the molecule is O=c1c2ccc3c(c2cnn1-c1cccc(Cl)c1)OCO3. The van der Waals surface area contributed by atoms with Gasteiger partial charge in [0.2, 0.25) is 6.79 Å². The van der Waals surface area contributed by atoms with Crippen LogP contribution in [0.5, 0.6) is 11.5 Å². The normalized spacial score (nSPS) is 12.8. The minimum atomic E-state index is -0.229. The Balaban J connectivity index is 2.00. The molecule has 0 aliphatic carbocycles. The number of ether oxygens (including phenoxy) is 2. The van der Waals surface area contributed by atoms with Gasteiger partial charge in [-0.1, -0.05) is 17.7 Å². The maximum absolute atomic E-state index is 12.6. The molecule has 0 N–H and O–H groups in total. The fourth-order valence-corrected chi connectivity index (χ4v) is 2.57. The first-order chi connectivity index (χ1) is 10.2. The molecule has 0 atom stereocenters. The fourth-order valence-electron chi connectivity index (χ4n) is 2.38. The van der Waals surface area contributed by atoms with Crippen LogP contribution in [0.15, 0.2) is 47.4 Å². The van der Waals surface area contributed by atoms with Gasteiger partial charge in [-0.15, -0.1) is 0 Å². The van der Waals surface area contributed by atoms with Gasteiger partial charge in [-0.3, -0.25) is 4.79 Å². The first-order valence-corrected chi connectivity index (χ1v) is 6.68. The van der Waals surface area contributed by atoms with Gasteiger partial charge in [0.1, 0.15) is 0 Å². The Kier molecular flexibility index (Phi) is 2.62. The van der Waals surface area contributed by atoms with Crippen molar-refractivity contribution in [3.05, 3.63) is 58.0 Å². The van der Waals surface area contributed by atoms with Crippen molar-refractivity contribution in [3.8, 4) is 17.2 Å². The highest BCUT2D eigenvalue weighted by Crippen LogP contribution is 2.37. The Hall–Kier alpha value is -2.53. The predicted octanol–water partition coefficient (Wildman–Crippen LogP) is 2.77. The Labute approximate surface area is 124 Å². The number of hydrogen-bond donors (Lipinski definition) is 0. The van der Waals surface area contributed by atoms with Gasteiger partial charge in [-0.2, -0.15) is 9.78 Å². The van der Waals surface area contributed by atoms with E-state index in [0.29, 0.717) is 33.0 Å². The Morgan fingerprint density at radius 3 is 2.90 bits per heavy atom. The van der Waals surface area contributed by atoms with Crippen molar-refractivity contribution in [2.24, 2.45) is 0 Å². The predicted molar refractivity (Wildman–Crippen MR) is 78.5 cm³/mol. The molecule has 6 heteroatoms. The molecule has 0 saturated heterocycles. The maximum Gasteiger partial charge on any atom is 0.279 e. The summed E-state index contributed by atoms with van der Waals surface area (Å²) < 4.78 is 12.0. The van der Waals surface area contributed by atoms with Gasteiger partial charge < -0.3 is 9.47 Å². The van der Waals surface area contributed by atoms with Crippen LogP contribution in [-0.2, 0) is 0 Å². The highest BCUT2D eigenvalue weighted by molar-refractivity contribution is 6.30. The second-order valence-corrected chi connectivity index (χ2v) is 5.04. The van der Waals surface area contributed by atoms with E-state index in [1.807, 2.05) is 0 Å². The van der Waals surface area contributed by atoms with E-state index in [2.05, 4.69) is 5.10 Å². The topological polar surface area (TPSA) is 53.4 Å². The first kappa shape index (κ1) is 12.2. The number of aromatic nitrogens is 2. The van der Waals surface area contributed by atoms with Gasteiger partial charge in [0.25, 0.3) is 5.56 Å².